The largest absolute Gasteiger partial charge is 0.356 e. The van der Waals surface area contributed by atoms with Crippen LogP contribution in [-0.4, -0.2) is 46.9 Å². The maximum absolute atomic E-state index is 13.9. The molecule has 0 radical (unpaired) electrons. The van der Waals surface area contributed by atoms with Gasteiger partial charge < -0.3 is 20.9 Å². The molecule has 45 heavy (non-hydrogen) atoms. The molecule has 4 N–H and O–H groups in total. The van der Waals surface area contributed by atoms with Crippen molar-refractivity contribution in [3.05, 3.63) is 108 Å². The molecule has 0 bridgehead atoms. The summed E-state index contributed by atoms with van der Waals surface area (Å²) < 4.78 is 13.7. The molecule has 3 amide bonds. The first-order valence-corrected chi connectivity index (χ1v) is 15.1. The van der Waals surface area contributed by atoms with Crippen molar-refractivity contribution in [2.45, 2.75) is 44.7 Å². The molecular formula is C35H35FN4O5. The monoisotopic (exact) mass is 610 g/mol. The molecule has 0 saturated carbocycles. The topological polar surface area (TPSA) is 137 Å². The molecule has 2 heterocycles. The number of carbonyl (C=O) groups excluding carboxylic acids is 5. The molecule has 5 rings (SSSR count). The number of amides is 3. The molecule has 232 valence electrons. The Morgan fingerprint density at radius 3 is 2.33 bits per heavy atom. The molecule has 0 unspecified atom stereocenters. The molecule has 3 atom stereocenters. The standard InChI is InChI=1S/C35H35FN4O5/c36-27-13-14-28-25(17-27)19-29(39-28)31(41)20-26(16-22-8-3-1-4-9-22)34(44)40-30(18-24-12-7-15-37-33(24)43)32(42)35(45)38-21-23-10-5-2-6-11-23/h1-6,8-11,13-14,17,19,24,26,30,39H,7,12,15-16,18,20-21H2,(H,37,43)(H,38,45)(H,40,44)/t24-,26+,30-/m0/s1. The molecule has 1 aliphatic rings. The van der Waals surface area contributed by atoms with Crippen LogP contribution in [-0.2, 0) is 32.1 Å². The van der Waals surface area contributed by atoms with E-state index in [0.29, 0.717) is 30.3 Å². The summed E-state index contributed by atoms with van der Waals surface area (Å²) in [5, 5.41) is 8.66. The average Bonchev–Trinajstić information content (AvgIpc) is 3.48. The van der Waals surface area contributed by atoms with E-state index in [4.69, 9.17) is 0 Å². The highest BCUT2D eigenvalue weighted by atomic mass is 19.1. The molecule has 9 nitrogen and oxygen atoms in total. The van der Waals surface area contributed by atoms with Crippen LogP contribution >= 0.6 is 0 Å². The first-order chi connectivity index (χ1) is 21.8. The van der Waals surface area contributed by atoms with Gasteiger partial charge in [0.1, 0.15) is 5.82 Å². The number of fused-ring (bicyclic) bond motifs is 1. The van der Waals surface area contributed by atoms with Gasteiger partial charge in [0.15, 0.2) is 5.78 Å². The van der Waals surface area contributed by atoms with Gasteiger partial charge >= 0.3 is 0 Å². The van der Waals surface area contributed by atoms with Crippen LogP contribution in [0.5, 0.6) is 0 Å². The molecule has 1 aromatic heterocycles. The normalized spacial score (nSPS) is 15.9. The number of Topliss-reactive ketones (excluding diaryl/α,β-unsaturated/α-hetero) is 2. The second kappa shape index (κ2) is 14.6. The lowest BCUT2D eigenvalue weighted by Gasteiger charge is -2.27. The SMILES string of the molecule is O=C(NCc1ccccc1)C(=O)[C@H](C[C@@H]1CCCNC1=O)NC(=O)[C@@H](CC(=O)c1cc2cc(F)ccc2[nH]1)Cc1ccccc1. The van der Waals surface area contributed by atoms with E-state index in [9.17, 15) is 28.4 Å². The summed E-state index contributed by atoms with van der Waals surface area (Å²) in [6.45, 7) is 0.648. The highest BCUT2D eigenvalue weighted by molar-refractivity contribution is 6.38. The van der Waals surface area contributed by atoms with Crippen LogP contribution in [0, 0.1) is 17.7 Å². The van der Waals surface area contributed by atoms with Crippen molar-refractivity contribution in [2.24, 2.45) is 11.8 Å². The maximum Gasteiger partial charge on any atom is 0.289 e. The first kappa shape index (κ1) is 31.3. The molecule has 10 heteroatoms. The van der Waals surface area contributed by atoms with Crippen molar-refractivity contribution >= 4 is 40.2 Å². The van der Waals surface area contributed by atoms with E-state index < -0.39 is 41.3 Å². The zero-order valence-electron chi connectivity index (χ0n) is 24.7. The average molecular weight is 611 g/mol. The quantitative estimate of drug-likeness (QED) is 0.134. The van der Waals surface area contributed by atoms with E-state index >= 15 is 0 Å². The number of rotatable bonds is 13. The van der Waals surface area contributed by atoms with Gasteiger partial charge in [-0.25, -0.2) is 4.39 Å². The number of piperidine rings is 1. The number of ketones is 2. The predicted molar refractivity (Wildman–Crippen MR) is 166 cm³/mol. The van der Waals surface area contributed by atoms with Gasteiger partial charge in [-0.05, 0) is 61.1 Å². The fourth-order valence-corrected chi connectivity index (χ4v) is 5.63. The molecule has 1 saturated heterocycles. The number of H-pyrrole nitrogens is 1. The molecule has 4 aromatic rings. The molecule has 0 aliphatic carbocycles. The van der Waals surface area contributed by atoms with E-state index in [-0.39, 0.29) is 43.2 Å². The van der Waals surface area contributed by atoms with Crippen LogP contribution in [0.4, 0.5) is 4.39 Å². The Bertz CT molecular complexity index is 1690. The van der Waals surface area contributed by atoms with Gasteiger partial charge in [-0.1, -0.05) is 60.7 Å². The summed E-state index contributed by atoms with van der Waals surface area (Å²) in [5.74, 6) is -4.80. The van der Waals surface area contributed by atoms with Gasteiger partial charge in [0.05, 0.1) is 11.7 Å². The summed E-state index contributed by atoms with van der Waals surface area (Å²) in [6.07, 6.45) is 1.17. The van der Waals surface area contributed by atoms with Gasteiger partial charge in [-0.3, -0.25) is 24.0 Å². The molecular weight excluding hydrogens is 575 g/mol. The lowest BCUT2D eigenvalue weighted by Crippen LogP contribution is -2.51. The van der Waals surface area contributed by atoms with Crippen molar-refractivity contribution in [1.29, 1.82) is 0 Å². The Balaban J connectivity index is 1.36. The van der Waals surface area contributed by atoms with Gasteiger partial charge in [-0.15, -0.1) is 0 Å². The zero-order valence-corrected chi connectivity index (χ0v) is 24.7. The second-order valence-electron chi connectivity index (χ2n) is 11.4. The molecule has 1 aliphatic heterocycles. The third-order valence-corrected chi connectivity index (χ3v) is 8.08. The number of nitrogens with one attached hydrogen (secondary N) is 4. The smallest absolute Gasteiger partial charge is 0.289 e. The third kappa shape index (κ3) is 8.29. The fourth-order valence-electron chi connectivity index (χ4n) is 5.63. The number of hydrogen-bond acceptors (Lipinski definition) is 5. The number of carbonyl (C=O) groups is 5. The molecule has 3 aromatic carbocycles. The highest BCUT2D eigenvalue weighted by Gasteiger charge is 2.35. The molecule has 0 spiro atoms. The number of benzene rings is 3. The van der Waals surface area contributed by atoms with Crippen LogP contribution in [0.25, 0.3) is 10.9 Å². The second-order valence-corrected chi connectivity index (χ2v) is 11.4. The van der Waals surface area contributed by atoms with Crippen LogP contribution < -0.4 is 16.0 Å². The molecule has 1 fully saturated rings. The van der Waals surface area contributed by atoms with Crippen LogP contribution in [0.1, 0.15) is 47.3 Å². The Morgan fingerprint density at radius 2 is 1.62 bits per heavy atom. The predicted octanol–water partition coefficient (Wildman–Crippen LogP) is 4.03. The lowest BCUT2D eigenvalue weighted by atomic mass is 9.88. The Morgan fingerprint density at radius 1 is 0.911 bits per heavy atom. The van der Waals surface area contributed by atoms with Crippen molar-refractivity contribution in [1.82, 2.24) is 20.9 Å². The summed E-state index contributed by atoms with van der Waals surface area (Å²) in [4.78, 5) is 69.3. The zero-order chi connectivity index (χ0) is 31.8. The minimum Gasteiger partial charge on any atom is -0.356 e. The van der Waals surface area contributed by atoms with Crippen molar-refractivity contribution in [3.63, 3.8) is 0 Å². The van der Waals surface area contributed by atoms with Crippen LogP contribution in [0.15, 0.2) is 84.9 Å². The van der Waals surface area contributed by atoms with Crippen molar-refractivity contribution < 1.29 is 28.4 Å². The van der Waals surface area contributed by atoms with Crippen LogP contribution in [0.2, 0.25) is 0 Å². The summed E-state index contributed by atoms with van der Waals surface area (Å²) in [5.41, 5.74) is 2.42. The fraction of sp³-hybridized carbons (Fsp3) is 0.286. The van der Waals surface area contributed by atoms with Gasteiger partial charge in [0.2, 0.25) is 17.6 Å². The number of aromatic amines is 1. The van der Waals surface area contributed by atoms with Crippen molar-refractivity contribution in [3.8, 4) is 0 Å². The van der Waals surface area contributed by atoms with Gasteiger partial charge in [0, 0.05) is 42.2 Å². The summed E-state index contributed by atoms with van der Waals surface area (Å²) in [6, 6.07) is 22.7. The maximum atomic E-state index is 13.9. The summed E-state index contributed by atoms with van der Waals surface area (Å²) >= 11 is 0. The minimum absolute atomic E-state index is 0.0469. The van der Waals surface area contributed by atoms with E-state index in [0.717, 1.165) is 11.1 Å². The van der Waals surface area contributed by atoms with Gasteiger partial charge in [0.25, 0.3) is 5.91 Å². The highest BCUT2D eigenvalue weighted by Crippen LogP contribution is 2.23. The first-order valence-electron chi connectivity index (χ1n) is 15.1. The van der Waals surface area contributed by atoms with E-state index in [1.807, 2.05) is 60.7 Å². The Kier molecular flexibility index (Phi) is 10.1. The number of aromatic nitrogens is 1. The lowest BCUT2D eigenvalue weighted by molar-refractivity contribution is -0.141. The third-order valence-electron chi connectivity index (χ3n) is 8.08. The summed E-state index contributed by atoms with van der Waals surface area (Å²) in [7, 11) is 0. The van der Waals surface area contributed by atoms with E-state index in [1.165, 1.54) is 18.2 Å². The number of halogens is 1. The van der Waals surface area contributed by atoms with Gasteiger partial charge in [-0.2, -0.15) is 0 Å². The van der Waals surface area contributed by atoms with E-state index in [2.05, 4.69) is 20.9 Å². The minimum atomic E-state index is -1.27. The van der Waals surface area contributed by atoms with Crippen LogP contribution in [0.3, 0.4) is 0 Å². The number of hydrogen-bond donors (Lipinski definition) is 4. The Labute approximate surface area is 260 Å². The Hall–Kier alpha value is -5.12. The van der Waals surface area contributed by atoms with Crippen molar-refractivity contribution in [2.75, 3.05) is 6.54 Å². The van der Waals surface area contributed by atoms with E-state index in [1.54, 1.807) is 6.07 Å².